The Bertz CT molecular complexity index is 337. The Hall–Kier alpha value is -1.39. The van der Waals surface area contributed by atoms with E-state index in [0.29, 0.717) is 18.5 Å². The molecule has 0 saturated carbocycles. The number of unbranched alkanes of at least 4 members (excludes halogenated alkanes) is 3. The fraction of sp³-hybridized carbons (Fsp3) is 0.500. The van der Waals surface area contributed by atoms with Crippen LogP contribution in [0.5, 0.6) is 5.75 Å². The molecular weight excluding hydrogens is 230 g/mol. The Balaban J connectivity index is 2.38. The second-order valence-electron chi connectivity index (χ2n) is 4.22. The Morgan fingerprint density at radius 3 is 2.56 bits per heavy atom. The number of aldehydes is 1. The van der Waals surface area contributed by atoms with Gasteiger partial charge in [-0.2, -0.15) is 5.48 Å². The van der Waals surface area contributed by atoms with Gasteiger partial charge >= 0.3 is 0 Å². The van der Waals surface area contributed by atoms with E-state index in [2.05, 4.69) is 6.92 Å². The first kappa shape index (κ1) is 14.7. The Kier molecular flexibility index (Phi) is 7.06. The van der Waals surface area contributed by atoms with Gasteiger partial charge in [-0.05, 0) is 24.1 Å². The van der Waals surface area contributed by atoms with E-state index >= 15 is 0 Å². The van der Waals surface area contributed by atoms with Gasteiger partial charge in [0.15, 0.2) is 0 Å². The van der Waals surface area contributed by atoms with E-state index in [4.69, 9.17) is 9.94 Å². The number of nitrogens with one attached hydrogen (secondary N) is 1. The van der Waals surface area contributed by atoms with Crippen LogP contribution in [0.1, 0.15) is 44.2 Å². The highest BCUT2D eigenvalue weighted by Crippen LogP contribution is 2.16. The lowest BCUT2D eigenvalue weighted by Crippen LogP contribution is -2.17. The highest BCUT2D eigenvalue weighted by molar-refractivity contribution is 5.61. The predicted molar refractivity (Wildman–Crippen MR) is 69.8 cm³/mol. The van der Waals surface area contributed by atoms with Gasteiger partial charge < -0.3 is 14.7 Å². The molecule has 1 rings (SSSR count). The van der Waals surface area contributed by atoms with Gasteiger partial charge in [-0.1, -0.05) is 38.3 Å². The lowest BCUT2D eigenvalue weighted by molar-refractivity contribution is -0.111. The van der Waals surface area contributed by atoms with Crippen LogP contribution in [0.4, 0.5) is 0 Å². The second-order valence-corrected chi connectivity index (χ2v) is 4.22. The standard InChI is InChI=1S/C14H21NO3/c1-2-3-4-5-10-18-13-8-6-12(7-9-13)14(11-16)15-17/h6-9,11,14-15,17H,2-5,10H2,1H3. The third kappa shape index (κ3) is 4.85. The van der Waals surface area contributed by atoms with Crippen molar-refractivity contribution in [3.8, 4) is 5.75 Å². The molecule has 0 fully saturated rings. The molecule has 18 heavy (non-hydrogen) atoms. The van der Waals surface area contributed by atoms with Crippen molar-refractivity contribution in [2.75, 3.05) is 6.61 Å². The van der Waals surface area contributed by atoms with Crippen molar-refractivity contribution in [2.24, 2.45) is 0 Å². The molecule has 0 aliphatic carbocycles. The van der Waals surface area contributed by atoms with Crippen LogP contribution < -0.4 is 10.2 Å². The largest absolute Gasteiger partial charge is 0.494 e. The zero-order valence-electron chi connectivity index (χ0n) is 10.8. The fourth-order valence-electron chi connectivity index (χ4n) is 1.67. The van der Waals surface area contributed by atoms with Crippen LogP contribution in [0, 0.1) is 0 Å². The monoisotopic (exact) mass is 251 g/mol. The summed E-state index contributed by atoms with van der Waals surface area (Å²) in [7, 11) is 0. The summed E-state index contributed by atoms with van der Waals surface area (Å²) < 4.78 is 5.58. The fourth-order valence-corrected chi connectivity index (χ4v) is 1.67. The van der Waals surface area contributed by atoms with Crippen LogP contribution in [0.15, 0.2) is 24.3 Å². The van der Waals surface area contributed by atoms with Crippen LogP contribution in [0.2, 0.25) is 0 Å². The van der Waals surface area contributed by atoms with E-state index in [1.165, 1.54) is 19.3 Å². The number of hydroxylamine groups is 1. The number of carbonyl (C=O) groups is 1. The summed E-state index contributed by atoms with van der Waals surface area (Å²) in [6, 6.07) is 6.47. The van der Waals surface area contributed by atoms with Crippen LogP contribution >= 0.6 is 0 Å². The summed E-state index contributed by atoms with van der Waals surface area (Å²) >= 11 is 0. The Morgan fingerprint density at radius 1 is 1.28 bits per heavy atom. The van der Waals surface area contributed by atoms with Crippen LogP contribution in [0.25, 0.3) is 0 Å². The second kappa shape index (κ2) is 8.66. The minimum absolute atomic E-state index is 0.653. The Labute approximate surface area is 108 Å². The summed E-state index contributed by atoms with van der Waals surface area (Å²) in [5, 5.41) is 8.76. The molecule has 0 bridgehead atoms. The molecule has 1 aromatic carbocycles. The molecule has 0 aliphatic heterocycles. The molecule has 100 valence electrons. The minimum atomic E-state index is -0.677. The first-order chi connectivity index (χ1) is 8.81. The number of rotatable bonds is 9. The normalized spacial score (nSPS) is 12.1. The molecule has 0 amide bonds. The molecule has 0 saturated heterocycles. The van der Waals surface area contributed by atoms with Gasteiger partial charge in [0.1, 0.15) is 18.1 Å². The molecule has 1 unspecified atom stereocenters. The van der Waals surface area contributed by atoms with Crippen LogP contribution in [-0.2, 0) is 4.79 Å². The lowest BCUT2D eigenvalue weighted by atomic mass is 10.1. The van der Waals surface area contributed by atoms with Gasteiger partial charge in [0.25, 0.3) is 0 Å². The van der Waals surface area contributed by atoms with Gasteiger partial charge in [0, 0.05) is 0 Å². The topological polar surface area (TPSA) is 58.6 Å². The molecule has 2 N–H and O–H groups in total. The zero-order valence-corrected chi connectivity index (χ0v) is 10.8. The van der Waals surface area contributed by atoms with Gasteiger partial charge in [-0.15, -0.1) is 0 Å². The first-order valence-electron chi connectivity index (χ1n) is 6.39. The molecule has 0 radical (unpaired) electrons. The summed E-state index contributed by atoms with van der Waals surface area (Å²) in [6.07, 6.45) is 5.36. The van der Waals surface area contributed by atoms with Gasteiger partial charge in [0.2, 0.25) is 0 Å². The SMILES string of the molecule is CCCCCCOc1ccc(C(C=O)NO)cc1. The maximum atomic E-state index is 10.6. The number of hydrogen-bond acceptors (Lipinski definition) is 4. The van der Waals surface area contributed by atoms with Crippen molar-refractivity contribution in [3.05, 3.63) is 29.8 Å². The summed E-state index contributed by atoms with van der Waals surface area (Å²) in [4.78, 5) is 10.6. The molecule has 4 nitrogen and oxygen atoms in total. The maximum Gasteiger partial charge on any atom is 0.143 e. The van der Waals surface area contributed by atoms with Gasteiger partial charge in [-0.25, -0.2) is 0 Å². The summed E-state index contributed by atoms with van der Waals surface area (Å²) in [5.74, 6) is 0.790. The van der Waals surface area contributed by atoms with Crippen molar-refractivity contribution in [2.45, 2.75) is 38.6 Å². The average Bonchev–Trinajstić information content (AvgIpc) is 2.41. The molecule has 0 spiro atoms. The van der Waals surface area contributed by atoms with Crippen molar-refractivity contribution >= 4 is 6.29 Å². The third-order valence-corrected chi connectivity index (χ3v) is 2.78. The van der Waals surface area contributed by atoms with Crippen molar-refractivity contribution in [1.82, 2.24) is 5.48 Å². The predicted octanol–water partition coefficient (Wildman–Crippen LogP) is 2.86. The van der Waals surface area contributed by atoms with Crippen molar-refractivity contribution in [3.63, 3.8) is 0 Å². The number of hydrogen-bond donors (Lipinski definition) is 2. The van der Waals surface area contributed by atoms with E-state index in [1.54, 1.807) is 12.1 Å². The first-order valence-corrected chi connectivity index (χ1v) is 6.39. The van der Waals surface area contributed by atoms with E-state index in [9.17, 15) is 4.79 Å². The molecular formula is C14H21NO3. The molecule has 0 heterocycles. The van der Waals surface area contributed by atoms with Crippen molar-refractivity contribution in [1.29, 1.82) is 0 Å². The smallest absolute Gasteiger partial charge is 0.143 e. The molecule has 4 heteroatoms. The van der Waals surface area contributed by atoms with E-state index in [-0.39, 0.29) is 0 Å². The number of ether oxygens (including phenoxy) is 1. The van der Waals surface area contributed by atoms with Crippen LogP contribution in [0.3, 0.4) is 0 Å². The molecule has 0 aromatic heterocycles. The van der Waals surface area contributed by atoms with E-state index < -0.39 is 6.04 Å². The average molecular weight is 251 g/mol. The lowest BCUT2D eigenvalue weighted by Gasteiger charge is -2.10. The minimum Gasteiger partial charge on any atom is -0.494 e. The quantitative estimate of drug-likeness (QED) is 0.402. The summed E-state index contributed by atoms with van der Waals surface area (Å²) in [5.41, 5.74) is 2.66. The maximum absolute atomic E-state index is 10.6. The summed E-state index contributed by atoms with van der Waals surface area (Å²) in [6.45, 7) is 2.90. The number of carbonyl (C=O) groups excluding carboxylic acids is 1. The molecule has 1 atom stereocenters. The van der Waals surface area contributed by atoms with E-state index in [1.807, 2.05) is 17.6 Å². The van der Waals surface area contributed by atoms with Gasteiger partial charge in [-0.3, -0.25) is 0 Å². The highest BCUT2D eigenvalue weighted by Gasteiger charge is 2.07. The Morgan fingerprint density at radius 2 is 2.00 bits per heavy atom. The van der Waals surface area contributed by atoms with Gasteiger partial charge in [0.05, 0.1) is 6.61 Å². The third-order valence-electron chi connectivity index (χ3n) is 2.78. The van der Waals surface area contributed by atoms with E-state index in [0.717, 1.165) is 12.2 Å². The number of benzene rings is 1. The highest BCUT2D eigenvalue weighted by atomic mass is 16.5. The molecule has 0 aliphatic rings. The zero-order chi connectivity index (χ0) is 13.2. The van der Waals surface area contributed by atoms with Crippen LogP contribution in [-0.4, -0.2) is 18.1 Å². The van der Waals surface area contributed by atoms with Crippen molar-refractivity contribution < 1.29 is 14.7 Å². The molecule has 1 aromatic rings.